The molecule has 1 saturated heterocycles. The highest BCUT2D eigenvalue weighted by atomic mass is 32.2. The SMILES string of the molecule is Cc1nc(N)sc1S(=O)(=O)N1C(C)CCCC1C. The second kappa shape index (κ2) is 4.79. The van der Waals surface area contributed by atoms with Crippen molar-refractivity contribution in [1.82, 2.24) is 9.29 Å². The van der Waals surface area contributed by atoms with Crippen molar-refractivity contribution in [3.63, 3.8) is 0 Å². The number of rotatable bonds is 2. The Bertz CT molecular complexity index is 528. The summed E-state index contributed by atoms with van der Waals surface area (Å²) < 4.78 is 27.3. The number of aryl methyl sites for hydroxylation is 1. The van der Waals surface area contributed by atoms with E-state index in [1.165, 1.54) is 0 Å². The molecule has 1 fully saturated rings. The van der Waals surface area contributed by atoms with Gasteiger partial charge in [-0.05, 0) is 33.6 Å². The molecule has 1 aromatic heterocycles. The van der Waals surface area contributed by atoms with Crippen LogP contribution in [0.5, 0.6) is 0 Å². The lowest BCUT2D eigenvalue weighted by Gasteiger charge is -2.37. The number of hydrogen-bond donors (Lipinski definition) is 1. The predicted octanol–water partition coefficient (Wildman–Crippen LogP) is 1.99. The molecule has 1 aliphatic rings. The highest BCUT2D eigenvalue weighted by molar-refractivity contribution is 7.91. The van der Waals surface area contributed by atoms with Crippen LogP contribution < -0.4 is 5.73 Å². The topological polar surface area (TPSA) is 76.3 Å². The molecule has 0 aromatic carbocycles. The lowest BCUT2D eigenvalue weighted by molar-refractivity contribution is 0.204. The number of hydrogen-bond acceptors (Lipinski definition) is 5. The van der Waals surface area contributed by atoms with Gasteiger partial charge in [-0.15, -0.1) is 0 Å². The molecule has 18 heavy (non-hydrogen) atoms. The number of nitrogens with zero attached hydrogens (tertiary/aromatic N) is 2. The summed E-state index contributed by atoms with van der Waals surface area (Å²) >= 11 is 1.06. The summed E-state index contributed by atoms with van der Waals surface area (Å²) in [6, 6.07) is 0.0861. The lowest BCUT2D eigenvalue weighted by atomic mass is 10.0. The largest absolute Gasteiger partial charge is 0.375 e. The smallest absolute Gasteiger partial charge is 0.254 e. The molecule has 0 radical (unpaired) electrons. The van der Waals surface area contributed by atoms with Gasteiger partial charge in [-0.1, -0.05) is 17.8 Å². The average molecular weight is 289 g/mol. The average Bonchev–Trinajstić information content (AvgIpc) is 2.57. The number of nitrogens with two attached hydrogens (primary N) is 1. The minimum Gasteiger partial charge on any atom is -0.375 e. The Balaban J connectivity index is 2.44. The number of sulfonamides is 1. The van der Waals surface area contributed by atoms with Crippen LogP contribution in [-0.2, 0) is 10.0 Å². The first-order chi connectivity index (χ1) is 8.34. The standard InChI is InChI=1S/C11H19N3O2S2/c1-7-5-4-6-8(2)14(7)18(15,16)10-9(3)13-11(12)17-10/h7-8H,4-6H2,1-3H3,(H2,12,13). The van der Waals surface area contributed by atoms with E-state index in [1.54, 1.807) is 11.2 Å². The maximum atomic E-state index is 12.7. The summed E-state index contributed by atoms with van der Waals surface area (Å²) in [6.45, 7) is 5.62. The van der Waals surface area contributed by atoms with Crippen LogP contribution in [0.25, 0.3) is 0 Å². The maximum absolute atomic E-state index is 12.7. The van der Waals surface area contributed by atoms with Gasteiger partial charge in [0.1, 0.15) is 0 Å². The van der Waals surface area contributed by atoms with Crippen LogP contribution in [0.1, 0.15) is 38.8 Å². The molecule has 0 saturated carbocycles. The normalized spacial score (nSPS) is 26.4. The summed E-state index contributed by atoms with van der Waals surface area (Å²) in [7, 11) is -3.46. The van der Waals surface area contributed by atoms with Gasteiger partial charge in [-0.25, -0.2) is 13.4 Å². The zero-order valence-electron chi connectivity index (χ0n) is 10.9. The first-order valence-corrected chi connectivity index (χ1v) is 8.36. The van der Waals surface area contributed by atoms with E-state index in [0.717, 1.165) is 30.6 Å². The number of nitrogen functional groups attached to an aromatic ring is 1. The third kappa shape index (κ3) is 2.26. The Morgan fingerprint density at radius 1 is 1.33 bits per heavy atom. The minimum atomic E-state index is -3.46. The van der Waals surface area contributed by atoms with E-state index in [0.29, 0.717) is 15.0 Å². The van der Waals surface area contributed by atoms with Gasteiger partial charge in [0.15, 0.2) is 9.34 Å². The monoisotopic (exact) mass is 289 g/mol. The lowest BCUT2D eigenvalue weighted by Crippen LogP contribution is -2.47. The van der Waals surface area contributed by atoms with Crippen molar-refractivity contribution in [1.29, 1.82) is 0 Å². The zero-order valence-corrected chi connectivity index (χ0v) is 12.5. The van der Waals surface area contributed by atoms with Gasteiger partial charge in [0, 0.05) is 12.1 Å². The Labute approximate surface area is 112 Å². The number of aromatic nitrogens is 1. The molecule has 2 rings (SSSR count). The molecule has 0 bridgehead atoms. The highest BCUT2D eigenvalue weighted by Crippen LogP contribution is 2.34. The summed E-state index contributed by atoms with van der Waals surface area (Å²) in [4.78, 5) is 4.01. The molecule has 1 aromatic rings. The molecule has 7 heteroatoms. The fourth-order valence-electron chi connectivity index (χ4n) is 2.61. The first-order valence-electron chi connectivity index (χ1n) is 6.10. The number of thiazole rings is 1. The van der Waals surface area contributed by atoms with Crippen LogP contribution in [0.2, 0.25) is 0 Å². The van der Waals surface area contributed by atoms with Crippen LogP contribution in [0.15, 0.2) is 4.21 Å². The molecule has 2 atom stereocenters. The predicted molar refractivity (Wildman–Crippen MR) is 73.1 cm³/mol. The van der Waals surface area contributed by atoms with E-state index in [9.17, 15) is 8.42 Å². The van der Waals surface area contributed by atoms with Gasteiger partial charge in [0.05, 0.1) is 5.69 Å². The van der Waals surface area contributed by atoms with Crippen molar-refractivity contribution < 1.29 is 8.42 Å². The van der Waals surface area contributed by atoms with Crippen molar-refractivity contribution in [2.24, 2.45) is 0 Å². The van der Waals surface area contributed by atoms with Crippen molar-refractivity contribution in [2.45, 2.75) is 56.3 Å². The summed E-state index contributed by atoms with van der Waals surface area (Å²) in [6.07, 6.45) is 2.91. The molecule has 2 unspecified atom stereocenters. The zero-order chi connectivity index (χ0) is 13.5. The Morgan fingerprint density at radius 2 is 1.89 bits per heavy atom. The van der Waals surface area contributed by atoms with Crippen LogP contribution in [0.4, 0.5) is 5.13 Å². The molecule has 5 nitrogen and oxygen atoms in total. The van der Waals surface area contributed by atoms with Crippen molar-refractivity contribution >= 4 is 26.5 Å². The van der Waals surface area contributed by atoms with Crippen LogP contribution in [-0.4, -0.2) is 29.8 Å². The van der Waals surface area contributed by atoms with E-state index in [-0.39, 0.29) is 12.1 Å². The van der Waals surface area contributed by atoms with Crippen LogP contribution in [0, 0.1) is 6.92 Å². The molecule has 0 amide bonds. The van der Waals surface area contributed by atoms with Crippen LogP contribution >= 0.6 is 11.3 Å². The third-order valence-corrected chi connectivity index (χ3v) is 7.10. The molecule has 0 spiro atoms. The molecule has 2 N–H and O–H groups in total. The van der Waals surface area contributed by atoms with E-state index < -0.39 is 10.0 Å². The maximum Gasteiger partial charge on any atom is 0.254 e. The van der Waals surface area contributed by atoms with Gasteiger partial charge in [-0.2, -0.15) is 4.31 Å². The quantitative estimate of drug-likeness (QED) is 0.903. The molecular weight excluding hydrogens is 270 g/mol. The summed E-state index contributed by atoms with van der Waals surface area (Å²) in [5, 5.41) is 0.309. The molecule has 102 valence electrons. The first kappa shape index (κ1) is 13.8. The van der Waals surface area contributed by atoms with Crippen LogP contribution in [0.3, 0.4) is 0 Å². The number of piperidine rings is 1. The van der Waals surface area contributed by atoms with E-state index in [4.69, 9.17) is 5.73 Å². The third-order valence-electron chi connectivity index (χ3n) is 3.40. The molecule has 2 heterocycles. The van der Waals surface area contributed by atoms with E-state index in [1.807, 2.05) is 13.8 Å². The van der Waals surface area contributed by atoms with Crippen molar-refractivity contribution in [2.75, 3.05) is 5.73 Å². The second-order valence-electron chi connectivity index (χ2n) is 4.89. The van der Waals surface area contributed by atoms with E-state index in [2.05, 4.69) is 4.98 Å². The van der Waals surface area contributed by atoms with Gasteiger partial charge in [-0.3, -0.25) is 0 Å². The second-order valence-corrected chi connectivity index (χ2v) is 7.96. The van der Waals surface area contributed by atoms with Crippen molar-refractivity contribution in [3.8, 4) is 0 Å². The number of anilines is 1. The Morgan fingerprint density at radius 3 is 2.33 bits per heavy atom. The molecule has 0 aliphatic carbocycles. The fraction of sp³-hybridized carbons (Fsp3) is 0.727. The fourth-order valence-corrected chi connectivity index (χ4v) is 5.88. The molecule has 1 aliphatic heterocycles. The summed E-state index contributed by atoms with van der Waals surface area (Å²) in [5.41, 5.74) is 6.10. The van der Waals surface area contributed by atoms with E-state index >= 15 is 0 Å². The summed E-state index contributed by atoms with van der Waals surface area (Å²) in [5.74, 6) is 0. The van der Waals surface area contributed by atoms with Crippen molar-refractivity contribution in [3.05, 3.63) is 5.69 Å². The minimum absolute atomic E-state index is 0.0430. The van der Waals surface area contributed by atoms with Gasteiger partial charge in [0.2, 0.25) is 0 Å². The van der Waals surface area contributed by atoms with Gasteiger partial charge < -0.3 is 5.73 Å². The highest BCUT2D eigenvalue weighted by Gasteiger charge is 2.37. The molecular formula is C11H19N3O2S2. The Hall–Kier alpha value is -0.660. The van der Waals surface area contributed by atoms with Gasteiger partial charge in [0.25, 0.3) is 10.0 Å². The van der Waals surface area contributed by atoms with Gasteiger partial charge >= 0.3 is 0 Å². The Kier molecular flexibility index (Phi) is 3.66.